The molecule has 42 heavy (non-hydrogen) atoms. The van der Waals surface area contributed by atoms with Crippen molar-refractivity contribution in [1.82, 2.24) is 25.1 Å². The van der Waals surface area contributed by atoms with Crippen LogP contribution >= 0.6 is 0 Å². The number of hydrogen-bond donors (Lipinski definition) is 3. The third-order valence-corrected chi connectivity index (χ3v) is 8.70. The number of nitrogens with zero attached hydrogens (tertiary/aromatic N) is 3. The predicted octanol–water partition coefficient (Wildman–Crippen LogP) is 5.28. The lowest BCUT2D eigenvalue weighted by Gasteiger charge is -2.32. The number of aromatic amines is 1. The van der Waals surface area contributed by atoms with Crippen molar-refractivity contribution in [2.75, 3.05) is 27.2 Å². The smallest absolute Gasteiger partial charge is 0.408 e. The number of halogens is 1. The molecule has 1 saturated carbocycles. The van der Waals surface area contributed by atoms with E-state index in [1.165, 1.54) is 4.90 Å². The summed E-state index contributed by atoms with van der Waals surface area (Å²) in [7, 11) is 3.21. The van der Waals surface area contributed by atoms with Gasteiger partial charge in [-0.15, -0.1) is 0 Å². The molecule has 0 radical (unpaired) electrons. The third-order valence-electron chi connectivity index (χ3n) is 8.70. The van der Waals surface area contributed by atoms with Crippen molar-refractivity contribution in [3.8, 4) is 0 Å². The van der Waals surface area contributed by atoms with E-state index in [1.807, 2.05) is 30.3 Å². The molecular formula is C31H38FN5O5. The van der Waals surface area contributed by atoms with Gasteiger partial charge in [0.25, 0.3) is 0 Å². The minimum Gasteiger partial charge on any atom is -0.465 e. The van der Waals surface area contributed by atoms with Crippen LogP contribution in [0.1, 0.15) is 61.5 Å². The highest BCUT2D eigenvalue weighted by atomic mass is 19.1. The largest absolute Gasteiger partial charge is 0.465 e. The summed E-state index contributed by atoms with van der Waals surface area (Å²) in [6.45, 7) is 2.35. The van der Waals surface area contributed by atoms with Crippen LogP contribution in [0.3, 0.4) is 0 Å². The molecule has 2 heterocycles. The number of likely N-dealkylation sites (tertiary alicyclic amines) is 1. The molecule has 1 aromatic heterocycles. The fourth-order valence-corrected chi connectivity index (χ4v) is 6.29. The van der Waals surface area contributed by atoms with E-state index < -0.39 is 35.9 Å². The first-order chi connectivity index (χ1) is 20.1. The van der Waals surface area contributed by atoms with Gasteiger partial charge < -0.3 is 29.9 Å². The maximum atomic E-state index is 16.1. The number of alkyl carbamates (subject to hydrolysis) is 1. The van der Waals surface area contributed by atoms with Crippen LogP contribution in [0.5, 0.6) is 0 Å². The number of fused-ring (bicyclic) bond motifs is 1. The van der Waals surface area contributed by atoms with Crippen LogP contribution in [0, 0.1) is 23.6 Å². The molecule has 3 N–H and O–H groups in total. The highest BCUT2D eigenvalue weighted by Crippen LogP contribution is 2.39. The summed E-state index contributed by atoms with van der Waals surface area (Å²) in [5, 5.41) is 12.6. The lowest BCUT2D eigenvalue weighted by molar-refractivity contribution is -0.132. The Morgan fingerprint density at radius 3 is 2.50 bits per heavy atom. The van der Waals surface area contributed by atoms with E-state index in [1.54, 1.807) is 26.2 Å². The molecule has 3 aromatic rings. The van der Waals surface area contributed by atoms with Gasteiger partial charge in [0.1, 0.15) is 17.9 Å². The van der Waals surface area contributed by atoms with E-state index in [9.17, 15) is 19.5 Å². The normalized spacial score (nSPS) is 23.0. The number of H-pyrrole nitrogens is 1. The molecule has 1 saturated heterocycles. The minimum atomic E-state index is -1.15. The Hall–Kier alpha value is -4.15. The number of aromatic nitrogens is 2. The molecule has 11 heteroatoms. The maximum Gasteiger partial charge on any atom is 0.408 e. The van der Waals surface area contributed by atoms with Crippen LogP contribution in [-0.2, 0) is 16.1 Å². The fraction of sp³-hybridized carbons (Fsp3) is 0.484. The zero-order chi connectivity index (χ0) is 30.0. The first-order valence-electron chi connectivity index (χ1n) is 14.5. The van der Waals surface area contributed by atoms with Gasteiger partial charge in [0.2, 0.25) is 5.91 Å². The molecule has 2 fully saturated rings. The lowest BCUT2D eigenvalue weighted by atomic mass is 9.79. The summed E-state index contributed by atoms with van der Waals surface area (Å²) < 4.78 is 21.6. The Morgan fingerprint density at radius 2 is 1.83 bits per heavy atom. The molecule has 3 atom stereocenters. The molecule has 0 spiro atoms. The molecule has 10 nitrogen and oxygen atoms in total. The van der Waals surface area contributed by atoms with Gasteiger partial charge in [-0.25, -0.2) is 19.0 Å². The number of nitrogens with one attached hydrogen (secondary N) is 2. The van der Waals surface area contributed by atoms with E-state index in [0.29, 0.717) is 17.3 Å². The van der Waals surface area contributed by atoms with Gasteiger partial charge in [0.05, 0.1) is 17.5 Å². The molecular weight excluding hydrogens is 541 g/mol. The number of benzene rings is 2. The number of rotatable bonds is 7. The van der Waals surface area contributed by atoms with E-state index in [0.717, 1.165) is 36.1 Å². The van der Waals surface area contributed by atoms with Crippen molar-refractivity contribution in [1.29, 1.82) is 0 Å². The Balaban J connectivity index is 1.43. The summed E-state index contributed by atoms with van der Waals surface area (Å²) in [6.07, 6.45) is 2.09. The zero-order valence-corrected chi connectivity index (χ0v) is 24.2. The number of carbonyl (C=O) groups is 3. The van der Waals surface area contributed by atoms with Crippen LogP contribution < -0.4 is 5.32 Å². The summed E-state index contributed by atoms with van der Waals surface area (Å²) in [5.74, 6) is -1.08. The van der Waals surface area contributed by atoms with Gasteiger partial charge in [0.15, 0.2) is 5.82 Å². The second kappa shape index (κ2) is 12.4. The average molecular weight is 580 g/mol. The zero-order valence-electron chi connectivity index (χ0n) is 24.2. The molecule has 2 aromatic carbocycles. The van der Waals surface area contributed by atoms with Crippen molar-refractivity contribution in [2.24, 2.45) is 17.8 Å². The molecule has 1 aliphatic heterocycles. The molecule has 3 amide bonds. The standard InChI is InChI=1S/C31H38FN5O5/c1-18-9-11-20(12-10-18)26(35-30(39)42-17-19-7-5-4-6-8-19)28-33-24-14-13-21(25(32)27(24)34-28)22-15-37(31(40)41)16-23(22)29(38)36(2)3/h4-8,13-14,18,20,22-23,26H,9-12,15-17H2,1-3H3,(H,33,34)(H,35,39)(H,40,41)/t18?,20?,22?,23?,26-/m0/s1. The van der Waals surface area contributed by atoms with Crippen molar-refractivity contribution in [2.45, 2.75) is 51.2 Å². The SMILES string of the molecule is CC1CCC([C@H](NC(=O)OCc2ccccc2)c2nc3c(F)c(C4CN(C(=O)O)CC4C(=O)N(C)C)ccc3[nH]2)CC1. The number of hydrogen-bond acceptors (Lipinski definition) is 5. The van der Waals surface area contributed by atoms with Crippen LogP contribution in [0.15, 0.2) is 42.5 Å². The van der Waals surface area contributed by atoms with Crippen molar-refractivity contribution in [3.63, 3.8) is 0 Å². The quantitative estimate of drug-likeness (QED) is 0.350. The van der Waals surface area contributed by atoms with Crippen LogP contribution in [0.2, 0.25) is 0 Å². The van der Waals surface area contributed by atoms with Gasteiger partial charge in [0, 0.05) is 33.1 Å². The van der Waals surface area contributed by atoms with Crippen molar-refractivity contribution in [3.05, 3.63) is 65.2 Å². The number of ether oxygens (including phenoxy) is 1. The first-order valence-corrected chi connectivity index (χ1v) is 14.5. The number of carbonyl (C=O) groups excluding carboxylic acids is 2. The number of imidazole rings is 1. The van der Waals surface area contributed by atoms with Crippen molar-refractivity contribution < 1.29 is 28.6 Å². The molecule has 5 rings (SSSR count). The molecule has 2 aliphatic rings. The van der Waals surface area contributed by atoms with E-state index >= 15 is 4.39 Å². The topological polar surface area (TPSA) is 128 Å². The highest BCUT2D eigenvalue weighted by molar-refractivity contribution is 5.83. The minimum absolute atomic E-state index is 0.00248. The Morgan fingerprint density at radius 1 is 1.12 bits per heavy atom. The molecule has 224 valence electrons. The predicted molar refractivity (Wildman–Crippen MR) is 154 cm³/mol. The van der Waals surface area contributed by atoms with Gasteiger partial charge in [-0.3, -0.25) is 4.79 Å². The summed E-state index contributed by atoms with van der Waals surface area (Å²) in [6, 6.07) is 12.2. The summed E-state index contributed by atoms with van der Waals surface area (Å²) in [5.41, 5.74) is 1.68. The van der Waals surface area contributed by atoms with Gasteiger partial charge in [-0.05, 0) is 41.9 Å². The fourth-order valence-electron chi connectivity index (χ4n) is 6.29. The lowest BCUT2D eigenvalue weighted by Crippen LogP contribution is -2.36. The van der Waals surface area contributed by atoms with E-state index in [2.05, 4.69) is 22.2 Å². The van der Waals surface area contributed by atoms with Crippen molar-refractivity contribution >= 4 is 29.1 Å². The van der Waals surface area contributed by atoms with E-state index in [-0.39, 0.29) is 42.6 Å². The van der Waals surface area contributed by atoms with Gasteiger partial charge in [-0.2, -0.15) is 0 Å². The third kappa shape index (κ3) is 6.19. The Bertz CT molecular complexity index is 1440. The maximum absolute atomic E-state index is 16.1. The average Bonchev–Trinajstić information content (AvgIpc) is 3.61. The molecule has 0 bridgehead atoms. The van der Waals surface area contributed by atoms with Gasteiger partial charge >= 0.3 is 12.2 Å². The van der Waals surface area contributed by atoms with Crippen LogP contribution in [0.25, 0.3) is 11.0 Å². The Kier molecular flexibility index (Phi) is 8.65. The monoisotopic (exact) mass is 579 g/mol. The Labute approximate surface area is 244 Å². The second-order valence-corrected chi connectivity index (χ2v) is 11.8. The van der Waals surface area contributed by atoms with Crippen LogP contribution in [-0.4, -0.2) is 70.2 Å². The number of carboxylic acid groups (broad SMARTS) is 1. The summed E-state index contributed by atoms with van der Waals surface area (Å²) in [4.78, 5) is 48.0. The van der Waals surface area contributed by atoms with E-state index in [4.69, 9.17) is 4.74 Å². The number of amides is 3. The highest BCUT2D eigenvalue weighted by Gasteiger charge is 2.42. The van der Waals surface area contributed by atoms with Gasteiger partial charge in [-0.1, -0.05) is 56.2 Å². The molecule has 1 aliphatic carbocycles. The second-order valence-electron chi connectivity index (χ2n) is 11.8. The first kappa shape index (κ1) is 29.3. The van der Waals surface area contributed by atoms with Crippen LogP contribution in [0.4, 0.5) is 14.0 Å². The summed E-state index contributed by atoms with van der Waals surface area (Å²) >= 11 is 0. The molecule has 2 unspecified atom stereocenters.